The molecule has 94 valence electrons. The monoisotopic (exact) mass is 263 g/mol. The predicted octanol–water partition coefficient (Wildman–Crippen LogP) is 1.70. The molecule has 16 heavy (non-hydrogen) atoms. The molecule has 1 heterocycles. The van der Waals surface area contributed by atoms with Crippen LogP contribution in [0, 0.1) is 0 Å². The zero-order valence-electron chi connectivity index (χ0n) is 8.16. The van der Waals surface area contributed by atoms with Crippen LogP contribution < -0.4 is 10.5 Å². The minimum Gasteiger partial charge on any atom is -0.469 e. The maximum Gasteiger partial charge on any atom is 0.340 e. The van der Waals surface area contributed by atoms with Gasteiger partial charge in [0, 0.05) is 7.05 Å². The number of ether oxygens (including phenoxy) is 1. The van der Waals surface area contributed by atoms with E-state index in [4.69, 9.17) is 5.73 Å². The smallest absolute Gasteiger partial charge is 0.340 e. The molecular formula is C7H10ClF4N3O. The topological polar surface area (TPSA) is 53.1 Å². The highest BCUT2D eigenvalue weighted by Crippen LogP contribution is 2.25. The Morgan fingerprint density at radius 2 is 2.12 bits per heavy atom. The van der Waals surface area contributed by atoms with E-state index >= 15 is 0 Å². The van der Waals surface area contributed by atoms with Gasteiger partial charge >= 0.3 is 12.3 Å². The van der Waals surface area contributed by atoms with Gasteiger partial charge < -0.3 is 10.5 Å². The molecule has 0 spiro atoms. The van der Waals surface area contributed by atoms with Gasteiger partial charge in [-0.1, -0.05) is 0 Å². The Balaban J connectivity index is 0.00000225. The van der Waals surface area contributed by atoms with Gasteiger partial charge in [-0.15, -0.1) is 17.5 Å². The summed E-state index contributed by atoms with van der Waals surface area (Å²) in [5.74, 6) is -4.48. The number of rotatable bonds is 4. The van der Waals surface area contributed by atoms with Gasteiger partial charge in [-0.05, 0) is 0 Å². The van der Waals surface area contributed by atoms with Crippen LogP contribution in [0.25, 0.3) is 0 Å². The van der Waals surface area contributed by atoms with Gasteiger partial charge in [-0.25, -0.2) is 8.78 Å². The Hall–Kier alpha value is -1.18. The van der Waals surface area contributed by atoms with E-state index in [0.717, 1.165) is 0 Å². The third-order valence-electron chi connectivity index (χ3n) is 1.54. The average Bonchev–Trinajstić information content (AvgIpc) is 2.41. The Morgan fingerprint density at radius 3 is 2.50 bits per heavy atom. The molecule has 1 aromatic rings. The van der Waals surface area contributed by atoms with E-state index in [-0.39, 0.29) is 24.0 Å². The number of anilines is 1. The second kappa shape index (κ2) is 5.24. The van der Waals surface area contributed by atoms with Crippen LogP contribution in [0.5, 0.6) is 5.88 Å². The van der Waals surface area contributed by atoms with Crippen LogP contribution >= 0.6 is 12.4 Å². The molecule has 0 amide bonds. The number of nitrogen functional groups attached to an aromatic ring is 1. The molecule has 0 aliphatic carbocycles. The summed E-state index contributed by atoms with van der Waals surface area (Å²) in [4.78, 5) is 0. The predicted molar refractivity (Wildman–Crippen MR) is 51.3 cm³/mol. The number of aryl methyl sites for hydroxylation is 1. The molecule has 0 aliphatic rings. The van der Waals surface area contributed by atoms with E-state index in [0.29, 0.717) is 0 Å². The fraction of sp³-hybridized carbons (Fsp3) is 0.571. The fourth-order valence-corrected chi connectivity index (χ4v) is 0.826. The summed E-state index contributed by atoms with van der Waals surface area (Å²) >= 11 is 0. The number of alkyl halides is 4. The number of hydrogen-bond donors (Lipinski definition) is 1. The highest BCUT2D eigenvalue weighted by atomic mass is 35.5. The molecule has 1 aromatic heterocycles. The summed E-state index contributed by atoms with van der Waals surface area (Å²) in [5, 5.41) is 3.56. The molecule has 9 heteroatoms. The molecular weight excluding hydrogens is 254 g/mol. The fourth-order valence-electron chi connectivity index (χ4n) is 0.826. The molecule has 0 saturated heterocycles. The van der Waals surface area contributed by atoms with Gasteiger partial charge in [0.2, 0.25) is 0 Å². The maximum atomic E-state index is 12.4. The summed E-state index contributed by atoms with van der Waals surface area (Å²) in [6.45, 7) is -1.45. The van der Waals surface area contributed by atoms with Gasteiger partial charge in [0.1, 0.15) is 5.69 Å². The van der Waals surface area contributed by atoms with Gasteiger partial charge in [0.25, 0.3) is 5.88 Å². The van der Waals surface area contributed by atoms with Crippen molar-refractivity contribution in [2.24, 2.45) is 7.05 Å². The van der Waals surface area contributed by atoms with Crippen molar-refractivity contribution in [3.05, 3.63) is 6.20 Å². The summed E-state index contributed by atoms with van der Waals surface area (Å²) in [6.07, 6.45) is -2.46. The summed E-state index contributed by atoms with van der Waals surface area (Å²) in [5.41, 5.74) is 5.32. The molecule has 0 aliphatic heterocycles. The molecule has 0 bridgehead atoms. The van der Waals surface area contributed by atoms with Crippen molar-refractivity contribution in [3.63, 3.8) is 0 Å². The number of hydrogen-bond acceptors (Lipinski definition) is 3. The summed E-state index contributed by atoms with van der Waals surface area (Å²) < 4.78 is 53.9. The third kappa shape index (κ3) is 3.44. The normalized spacial score (nSPS) is 11.4. The first-order valence-electron chi connectivity index (χ1n) is 3.91. The first-order valence-corrected chi connectivity index (χ1v) is 3.91. The second-order valence-corrected chi connectivity index (χ2v) is 2.91. The van der Waals surface area contributed by atoms with Gasteiger partial charge in [0.05, 0.1) is 6.20 Å². The Labute approximate surface area is 94.8 Å². The number of halogens is 5. The number of nitrogens with two attached hydrogens (primary N) is 1. The van der Waals surface area contributed by atoms with E-state index in [1.807, 2.05) is 0 Å². The molecule has 0 radical (unpaired) electrons. The van der Waals surface area contributed by atoms with Crippen molar-refractivity contribution in [2.75, 3.05) is 12.3 Å². The molecule has 4 nitrogen and oxygen atoms in total. The highest BCUT2D eigenvalue weighted by Gasteiger charge is 2.42. The van der Waals surface area contributed by atoms with E-state index in [9.17, 15) is 17.6 Å². The largest absolute Gasteiger partial charge is 0.469 e. The van der Waals surface area contributed by atoms with Gasteiger partial charge in [0.15, 0.2) is 6.61 Å². The van der Waals surface area contributed by atoms with Crippen LogP contribution in [0.1, 0.15) is 0 Å². The van der Waals surface area contributed by atoms with Crippen LogP contribution in [0.4, 0.5) is 23.2 Å². The molecule has 0 fully saturated rings. The van der Waals surface area contributed by atoms with Gasteiger partial charge in [-0.3, -0.25) is 4.68 Å². The zero-order chi connectivity index (χ0) is 11.6. The van der Waals surface area contributed by atoms with Crippen molar-refractivity contribution in [1.82, 2.24) is 9.78 Å². The lowest BCUT2D eigenvalue weighted by atomic mass is 10.4. The van der Waals surface area contributed by atoms with Crippen molar-refractivity contribution in [3.8, 4) is 5.88 Å². The molecule has 0 unspecified atom stereocenters. The second-order valence-electron chi connectivity index (χ2n) is 2.91. The first kappa shape index (κ1) is 14.8. The molecule has 0 atom stereocenters. The lowest BCUT2D eigenvalue weighted by molar-refractivity contribution is -0.148. The third-order valence-corrected chi connectivity index (χ3v) is 1.54. The van der Waals surface area contributed by atoms with Crippen molar-refractivity contribution in [1.29, 1.82) is 0 Å². The zero-order valence-corrected chi connectivity index (χ0v) is 8.98. The van der Waals surface area contributed by atoms with Crippen LogP contribution in [0.3, 0.4) is 0 Å². The Bertz CT molecular complexity index is 344. The minimum atomic E-state index is -4.20. The molecule has 0 saturated carbocycles. The Kier molecular flexibility index (Phi) is 4.85. The first-order chi connectivity index (χ1) is 6.83. The van der Waals surface area contributed by atoms with E-state index < -0.39 is 19.0 Å². The van der Waals surface area contributed by atoms with Crippen molar-refractivity contribution in [2.45, 2.75) is 12.3 Å². The molecule has 0 aromatic carbocycles. The van der Waals surface area contributed by atoms with Crippen molar-refractivity contribution < 1.29 is 22.3 Å². The quantitative estimate of drug-likeness (QED) is 0.842. The Morgan fingerprint density at radius 1 is 1.56 bits per heavy atom. The minimum absolute atomic E-state index is 0. The molecule has 2 N–H and O–H groups in total. The SMILES string of the molecule is Cl.Cn1cc(N)c(OCC(F)(F)C(F)F)n1. The standard InChI is InChI=1S/C7H9F4N3O.ClH/c1-14-2-4(12)5(13-14)15-3-7(10,11)6(8)9;/h2,6H,3,12H2,1H3;1H. The average molecular weight is 264 g/mol. The van der Waals surface area contributed by atoms with Crippen LogP contribution in [0.2, 0.25) is 0 Å². The van der Waals surface area contributed by atoms with Crippen LogP contribution in [-0.2, 0) is 7.05 Å². The lowest BCUT2D eigenvalue weighted by Gasteiger charge is -2.14. The highest BCUT2D eigenvalue weighted by molar-refractivity contribution is 5.85. The van der Waals surface area contributed by atoms with Crippen molar-refractivity contribution >= 4 is 18.1 Å². The van der Waals surface area contributed by atoms with E-state index in [1.54, 1.807) is 0 Å². The van der Waals surface area contributed by atoms with Gasteiger partial charge in [-0.2, -0.15) is 8.78 Å². The van der Waals surface area contributed by atoms with Crippen LogP contribution in [-0.4, -0.2) is 28.7 Å². The maximum absolute atomic E-state index is 12.4. The lowest BCUT2D eigenvalue weighted by Crippen LogP contribution is -2.33. The van der Waals surface area contributed by atoms with E-state index in [1.165, 1.54) is 17.9 Å². The number of nitrogens with zero attached hydrogens (tertiary/aromatic N) is 2. The summed E-state index contributed by atoms with van der Waals surface area (Å²) in [7, 11) is 1.49. The molecule has 1 rings (SSSR count). The summed E-state index contributed by atoms with van der Waals surface area (Å²) in [6, 6.07) is 0. The van der Waals surface area contributed by atoms with E-state index in [2.05, 4.69) is 9.84 Å². The number of aromatic nitrogens is 2. The van der Waals surface area contributed by atoms with Crippen LogP contribution in [0.15, 0.2) is 6.20 Å².